The van der Waals surface area contributed by atoms with Gasteiger partial charge >= 0.3 is 0 Å². The molecule has 64 valence electrons. The van der Waals surface area contributed by atoms with Gasteiger partial charge in [-0.05, 0) is 13.0 Å². The Morgan fingerprint density at radius 3 is 2.91 bits per heavy atom. The van der Waals surface area contributed by atoms with Crippen LogP contribution in [0.25, 0.3) is 0 Å². The number of rotatable bonds is 0. The number of aliphatic hydroxyl groups is 1. The van der Waals surface area contributed by atoms with Crippen molar-refractivity contribution >= 4 is 0 Å². The highest BCUT2D eigenvalue weighted by Crippen LogP contribution is 2.31. The van der Waals surface area contributed by atoms with Gasteiger partial charge in [-0.15, -0.1) is 0 Å². The monoisotopic (exact) mass is 157 g/mol. The maximum Gasteiger partial charge on any atom is 0.0953 e. The summed E-state index contributed by atoms with van der Waals surface area (Å²) in [6.45, 7) is 3.75. The Bertz CT molecular complexity index is 162. The van der Waals surface area contributed by atoms with Gasteiger partial charge in [0.1, 0.15) is 0 Å². The van der Waals surface area contributed by atoms with Crippen molar-refractivity contribution in [1.29, 1.82) is 0 Å². The van der Waals surface area contributed by atoms with Crippen LogP contribution in [-0.2, 0) is 4.74 Å². The van der Waals surface area contributed by atoms with E-state index in [1.165, 1.54) is 0 Å². The highest BCUT2D eigenvalue weighted by molar-refractivity contribution is 4.98. The number of likely N-dealkylation sites (N-methyl/N-ethyl adjacent to an activating group) is 1. The summed E-state index contributed by atoms with van der Waals surface area (Å²) in [5.41, 5.74) is 0. The molecule has 4 atom stereocenters. The molecule has 11 heavy (non-hydrogen) atoms. The standard InChI is InChI=1S/C8H15NO2/c1-5-3-9(2)7-6(10)4-11-8(5)7/h5-8,10H,3-4H2,1-2H3/t5?,6-,7+,8+/m0/s1. The summed E-state index contributed by atoms with van der Waals surface area (Å²) in [5, 5.41) is 9.52. The van der Waals surface area contributed by atoms with Crippen LogP contribution < -0.4 is 0 Å². The van der Waals surface area contributed by atoms with Crippen LogP contribution in [0.5, 0.6) is 0 Å². The van der Waals surface area contributed by atoms with Gasteiger partial charge in [-0.25, -0.2) is 0 Å². The van der Waals surface area contributed by atoms with Crippen molar-refractivity contribution in [3.8, 4) is 0 Å². The Morgan fingerprint density at radius 2 is 2.27 bits per heavy atom. The summed E-state index contributed by atoms with van der Waals surface area (Å²) in [7, 11) is 2.05. The fourth-order valence-electron chi connectivity index (χ4n) is 2.35. The molecule has 2 saturated heterocycles. The van der Waals surface area contributed by atoms with Gasteiger partial charge in [0.2, 0.25) is 0 Å². The highest BCUT2D eigenvalue weighted by Gasteiger charge is 2.46. The van der Waals surface area contributed by atoms with Crippen molar-refractivity contribution in [2.45, 2.75) is 25.2 Å². The van der Waals surface area contributed by atoms with Gasteiger partial charge in [-0.3, -0.25) is 4.90 Å². The predicted octanol–water partition coefficient (Wildman–Crippen LogP) is -0.304. The SMILES string of the molecule is CC1CN(C)[C@H]2[C@@H]1OC[C@@H]2O. The van der Waals surface area contributed by atoms with Crippen molar-refractivity contribution in [3.63, 3.8) is 0 Å². The molecule has 1 unspecified atom stereocenters. The number of ether oxygens (including phenoxy) is 1. The van der Waals surface area contributed by atoms with E-state index in [1.807, 2.05) is 0 Å². The van der Waals surface area contributed by atoms with E-state index in [2.05, 4.69) is 18.9 Å². The average molecular weight is 157 g/mol. The molecule has 0 aromatic heterocycles. The van der Waals surface area contributed by atoms with Crippen LogP contribution in [0.2, 0.25) is 0 Å². The van der Waals surface area contributed by atoms with Crippen molar-refractivity contribution < 1.29 is 9.84 Å². The van der Waals surface area contributed by atoms with Gasteiger partial charge in [-0.2, -0.15) is 0 Å². The molecule has 2 heterocycles. The van der Waals surface area contributed by atoms with Crippen molar-refractivity contribution in [1.82, 2.24) is 4.90 Å². The molecule has 3 heteroatoms. The molecule has 0 saturated carbocycles. The van der Waals surface area contributed by atoms with Gasteiger partial charge in [0, 0.05) is 6.54 Å². The minimum atomic E-state index is -0.269. The third-order valence-corrected chi connectivity index (χ3v) is 2.84. The molecule has 0 spiro atoms. The number of hydrogen-bond donors (Lipinski definition) is 1. The highest BCUT2D eigenvalue weighted by atomic mass is 16.5. The summed E-state index contributed by atoms with van der Waals surface area (Å²) in [5.74, 6) is 0.571. The molecule has 0 aromatic carbocycles. The van der Waals surface area contributed by atoms with Gasteiger partial charge in [-0.1, -0.05) is 6.92 Å². The zero-order valence-corrected chi connectivity index (χ0v) is 7.03. The minimum Gasteiger partial charge on any atom is -0.389 e. The molecule has 2 fully saturated rings. The molecule has 2 rings (SSSR count). The van der Waals surface area contributed by atoms with Crippen molar-refractivity contribution in [2.24, 2.45) is 5.92 Å². The maximum atomic E-state index is 9.52. The van der Waals surface area contributed by atoms with Gasteiger partial charge in [0.15, 0.2) is 0 Å². The van der Waals surface area contributed by atoms with Gasteiger partial charge in [0.25, 0.3) is 0 Å². The lowest BCUT2D eigenvalue weighted by molar-refractivity contribution is 0.0658. The molecule has 0 radical (unpaired) electrons. The van der Waals surface area contributed by atoms with Crippen LogP contribution >= 0.6 is 0 Å². The number of aliphatic hydroxyl groups excluding tert-OH is 1. The molecular formula is C8H15NO2. The molecule has 0 aliphatic carbocycles. The van der Waals surface area contributed by atoms with E-state index >= 15 is 0 Å². The topological polar surface area (TPSA) is 32.7 Å². The normalized spacial score (nSPS) is 51.5. The predicted molar refractivity (Wildman–Crippen MR) is 41.3 cm³/mol. The van der Waals surface area contributed by atoms with E-state index < -0.39 is 0 Å². The molecular weight excluding hydrogens is 142 g/mol. The summed E-state index contributed by atoms with van der Waals surface area (Å²) >= 11 is 0. The summed E-state index contributed by atoms with van der Waals surface area (Å²) in [4.78, 5) is 2.20. The zero-order valence-electron chi connectivity index (χ0n) is 7.03. The largest absolute Gasteiger partial charge is 0.389 e. The van der Waals surface area contributed by atoms with Crippen LogP contribution in [0.15, 0.2) is 0 Å². The van der Waals surface area contributed by atoms with Gasteiger partial charge < -0.3 is 9.84 Å². The van der Waals surface area contributed by atoms with E-state index in [9.17, 15) is 5.11 Å². The van der Waals surface area contributed by atoms with Crippen molar-refractivity contribution in [2.75, 3.05) is 20.2 Å². The fourth-order valence-corrected chi connectivity index (χ4v) is 2.35. The van der Waals surface area contributed by atoms with Gasteiger partial charge in [0.05, 0.1) is 24.9 Å². The smallest absolute Gasteiger partial charge is 0.0953 e. The number of fused-ring (bicyclic) bond motifs is 1. The number of nitrogens with zero attached hydrogens (tertiary/aromatic N) is 1. The first-order chi connectivity index (χ1) is 5.20. The van der Waals surface area contributed by atoms with E-state index in [4.69, 9.17) is 4.74 Å². The molecule has 2 aliphatic rings. The third kappa shape index (κ3) is 0.991. The second-order valence-corrected chi connectivity index (χ2v) is 3.77. The molecule has 0 amide bonds. The fraction of sp³-hybridized carbons (Fsp3) is 1.00. The van der Waals surface area contributed by atoms with E-state index in [0.717, 1.165) is 6.54 Å². The Hall–Kier alpha value is -0.120. The number of likely N-dealkylation sites (tertiary alicyclic amines) is 1. The van der Waals surface area contributed by atoms with E-state index in [0.29, 0.717) is 12.5 Å². The Kier molecular flexibility index (Phi) is 1.67. The van der Waals surface area contributed by atoms with Crippen LogP contribution in [0, 0.1) is 5.92 Å². The van der Waals surface area contributed by atoms with Crippen LogP contribution in [0.3, 0.4) is 0 Å². The van der Waals surface area contributed by atoms with Crippen LogP contribution in [0.4, 0.5) is 0 Å². The second kappa shape index (κ2) is 2.44. The average Bonchev–Trinajstić information content (AvgIpc) is 2.41. The molecule has 3 nitrogen and oxygen atoms in total. The maximum absolute atomic E-state index is 9.52. The summed E-state index contributed by atoms with van der Waals surface area (Å²) in [6.07, 6.45) is 0.00458. The molecule has 0 aromatic rings. The van der Waals surface area contributed by atoms with E-state index in [1.54, 1.807) is 0 Å². The Balaban J connectivity index is 2.15. The lowest BCUT2D eigenvalue weighted by Crippen LogP contribution is -2.37. The molecule has 0 bridgehead atoms. The summed E-state index contributed by atoms with van der Waals surface area (Å²) < 4.78 is 5.48. The lowest BCUT2D eigenvalue weighted by Gasteiger charge is -2.19. The first-order valence-electron chi connectivity index (χ1n) is 4.20. The third-order valence-electron chi connectivity index (χ3n) is 2.84. The molecule has 1 N–H and O–H groups in total. The first kappa shape index (κ1) is 7.53. The van der Waals surface area contributed by atoms with Crippen LogP contribution in [0.1, 0.15) is 6.92 Å². The van der Waals surface area contributed by atoms with Crippen LogP contribution in [-0.4, -0.2) is 48.5 Å². The zero-order chi connectivity index (χ0) is 8.01. The van der Waals surface area contributed by atoms with Crippen molar-refractivity contribution in [3.05, 3.63) is 0 Å². The Morgan fingerprint density at radius 1 is 1.55 bits per heavy atom. The summed E-state index contributed by atoms with van der Waals surface area (Å²) in [6, 6.07) is 0.255. The lowest BCUT2D eigenvalue weighted by atomic mass is 10.0. The Labute approximate surface area is 66.9 Å². The molecule has 2 aliphatic heterocycles. The number of hydrogen-bond acceptors (Lipinski definition) is 3. The first-order valence-corrected chi connectivity index (χ1v) is 4.20. The second-order valence-electron chi connectivity index (χ2n) is 3.77. The quantitative estimate of drug-likeness (QED) is 0.524. The minimum absolute atomic E-state index is 0.255. The van der Waals surface area contributed by atoms with E-state index in [-0.39, 0.29) is 18.2 Å².